The van der Waals surface area contributed by atoms with Gasteiger partial charge in [-0.15, -0.1) is 11.8 Å². The number of thioether (sulfide) groups is 1. The van der Waals surface area contributed by atoms with Crippen LogP contribution in [0.5, 0.6) is 0 Å². The average Bonchev–Trinajstić information content (AvgIpc) is 2.72. The lowest BCUT2D eigenvalue weighted by Crippen LogP contribution is -2.07. The fraction of sp³-hybridized carbons (Fsp3) is 0.0455. The molecule has 0 aliphatic carbocycles. The van der Waals surface area contributed by atoms with E-state index in [1.54, 1.807) is 42.2 Å². The number of nitrogens with one attached hydrogen (secondary N) is 1. The molecule has 1 amide bonds. The van der Waals surface area contributed by atoms with Gasteiger partial charge in [-0.2, -0.15) is 5.26 Å². The Morgan fingerprint density at radius 2 is 1.93 bits per heavy atom. The molecule has 0 saturated heterocycles. The van der Waals surface area contributed by atoms with Gasteiger partial charge >= 0.3 is 0 Å². The molecule has 0 bridgehead atoms. The largest absolute Gasteiger partial charge is 0.323 e. The molecule has 0 spiro atoms. The van der Waals surface area contributed by atoms with Crippen molar-refractivity contribution in [2.45, 2.75) is 10.6 Å². The lowest BCUT2D eigenvalue weighted by Gasteiger charge is -2.05. The third kappa shape index (κ3) is 5.56. The van der Waals surface area contributed by atoms with Crippen molar-refractivity contribution in [2.24, 2.45) is 0 Å². The Labute approximate surface area is 162 Å². The van der Waals surface area contributed by atoms with Gasteiger partial charge in [-0.25, -0.2) is 0 Å². The zero-order valence-corrected chi connectivity index (χ0v) is 15.3. The SMILES string of the molecule is N#Cc1ccccc1/C=C/C(=O)Nc1ccc(SCc2cccnc2)cc1. The maximum absolute atomic E-state index is 12.1. The molecule has 2 aromatic carbocycles. The highest BCUT2D eigenvalue weighted by molar-refractivity contribution is 7.98. The Kier molecular flexibility index (Phi) is 6.40. The molecule has 27 heavy (non-hydrogen) atoms. The van der Waals surface area contributed by atoms with Gasteiger partial charge in [0.2, 0.25) is 5.91 Å². The normalized spacial score (nSPS) is 10.5. The maximum atomic E-state index is 12.1. The number of anilines is 1. The van der Waals surface area contributed by atoms with E-state index in [2.05, 4.69) is 16.4 Å². The summed E-state index contributed by atoms with van der Waals surface area (Å²) in [7, 11) is 0. The van der Waals surface area contributed by atoms with Crippen LogP contribution in [-0.4, -0.2) is 10.9 Å². The first-order valence-electron chi connectivity index (χ1n) is 8.34. The molecule has 0 atom stereocenters. The fourth-order valence-electron chi connectivity index (χ4n) is 2.38. The van der Waals surface area contributed by atoms with Gasteiger partial charge in [-0.1, -0.05) is 24.3 Å². The molecule has 132 valence electrons. The van der Waals surface area contributed by atoms with Crippen LogP contribution in [0.2, 0.25) is 0 Å². The number of nitrogens with zero attached hydrogens (tertiary/aromatic N) is 2. The number of carbonyl (C=O) groups is 1. The number of amides is 1. The van der Waals surface area contributed by atoms with Crippen molar-refractivity contribution in [2.75, 3.05) is 5.32 Å². The topological polar surface area (TPSA) is 65.8 Å². The molecule has 1 aromatic heterocycles. The molecule has 0 radical (unpaired) electrons. The monoisotopic (exact) mass is 371 g/mol. The lowest BCUT2D eigenvalue weighted by atomic mass is 10.1. The van der Waals surface area contributed by atoms with Gasteiger partial charge < -0.3 is 5.32 Å². The summed E-state index contributed by atoms with van der Waals surface area (Å²) in [6.07, 6.45) is 6.70. The minimum Gasteiger partial charge on any atom is -0.323 e. The second kappa shape index (κ2) is 9.37. The number of rotatable bonds is 6. The molecule has 3 aromatic rings. The average molecular weight is 371 g/mol. The van der Waals surface area contributed by atoms with Crippen LogP contribution < -0.4 is 5.32 Å². The molecule has 1 N–H and O–H groups in total. The number of hydrogen-bond donors (Lipinski definition) is 1. The Hall–Kier alpha value is -3.36. The van der Waals surface area contributed by atoms with Crippen molar-refractivity contribution < 1.29 is 4.79 Å². The third-order valence-electron chi connectivity index (χ3n) is 3.75. The van der Waals surface area contributed by atoms with Gasteiger partial charge in [0.05, 0.1) is 11.6 Å². The van der Waals surface area contributed by atoms with E-state index in [9.17, 15) is 4.79 Å². The molecule has 0 aliphatic heterocycles. The Balaban J connectivity index is 1.55. The molecule has 0 unspecified atom stereocenters. The van der Waals surface area contributed by atoms with E-state index in [1.165, 1.54) is 11.6 Å². The number of aromatic nitrogens is 1. The highest BCUT2D eigenvalue weighted by Gasteiger charge is 2.01. The van der Waals surface area contributed by atoms with Crippen LogP contribution in [0.15, 0.2) is 84.0 Å². The van der Waals surface area contributed by atoms with Crippen molar-refractivity contribution in [3.05, 3.63) is 95.8 Å². The van der Waals surface area contributed by atoms with Crippen molar-refractivity contribution >= 4 is 29.4 Å². The van der Waals surface area contributed by atoms with Crippen LogP contribution in [0, 0.1) is 11.3 Å². The van der Waals surface area contributed by atoms with Crippen molar-refractivity contribution in [3.63, 3.8) is 0 Å². The van der Waals surface area contributed by atoms with E-state index < -0.39 is 0 Å². The quantitative estimate of drug-likeness (QED) is 0.494. The number of pyridine rings is 1. The first kappa shape index (κ1) is 18.4. The standard InChI is InChI=1S/C22H17N3OS/c23-14-19-6-2-1-5-18(19)7-12-22(26)25-20-8-10-21(11-9-20)27-16-17-4-3-13-24-15-17/h1-13,15H,16H2,(H,25,26)/b12-7+. The molecule has 4 nitrogen and oxygen atoms in total. The fourth-order valence-corrected chi connectivity index (χ4v) is 3.21. The van der Waals surface area contributed by atoms with Crippen molar-refractivity contribution in [1.29, 1.82) is 5.26 Å². The number of benzene rings is 2. The summed E-state index contributed by atoms with van der Waals surface area (Å²) >= 11 is 1.72. The molecule has 0 fully saturated rings. The summed E-state index contributed by atoms with van der Waals surface area (Å²) < 4.78 is 0. The Morgan fingerprint density at radius 3 is 2.67 bits per heavy atom. The first-order valence-corrected chi connectivity index (χ1v) is 9.33. The smallest absolute Gasteiger partial charge is 0.248 e. The van der Waals surface area contributed by atoms with Crippen LogP contribution >= 0.6 is 11.8 Å². The van der Waals surface area contributed by atoms with Crippen LogP contribution in [-0.2, 0) is 10.5 Å². The first-order chi connectivity index (χ1) is 13.2. The molecule has 1 heterocycles. The maximum Gasteiger partial charge on any atom is 0.248 e. The van der Waals surface area contributed by atoms with Crippen molar-refractivity contribution in [3.8, 4) is 6.07 Å². The highest BCUT2D eigenvalue weighted by atomic mass is 32.2. The summed E-state index contributed by atoms with van der Waals surface area (Å²) in [6.45, 7) is 0. The zero-order valence-electron chi connectivity index (χ0n) is 14.5. The van der Waals surface area contributed by atoms with Gasteiger partial charge in [0.1, 0.15) is 0 Å². The predicted octanol–water partition coefficient (Wildman–Crippen LogP) is 4.90. The minimum absolute atomic E-state index is 0.237. The zero-order chi connectivity index (χ0) is 18.9. The van der Waals surface area contributed by atoms with Gasteiger partial charge in [0, 0.05) is 34.8 Å². The van der Waals surface area contributed by atoms with E-state index in [1.807, 2.05) is 48.7 Å². The third-order valence-corrected chi connectivity index (χ3v) is 4.83. The minimum atomic E-state index is -0.237. The van der Waals surface area contributed by atoms with Gasteiger partial charge in [0.15, 0.2) is 0 Å². The molecule has 3 rings (SSSR count). The van der Waals surface area contributed by atoms with Gasteiger partial charge in [0.25, 0.3) is 0 Å². The number of carbonyl (C=O) groups excluding carboxylic acids is 1. The summed E-state index contributed by atoms with van der Waals surface area (Å²) in [5.41, 5.74) is 3.15. The summed E-state index contributed by atoms with van der Waals surface area (Å²) in [6, 6.07) is 20.9. The molecular weight excluding hydrogens is 354 g/mol. The van der Waals surface area contributed by atoms with Gasteiger partial charge in [-0.05, 0) is 53.6 Å². The van der Waals surface area contributed by atoms with E-state index in [0.29, 0.717) is 5.56 Å². The van der Waals surface area contributed by atoms with Crippen LogP contribution in [0.4, 0.5) is 5.69 Å². The summed E-state index contributed by atoms with van der Waals surface area (Å²) in [5.74, 6) is 0.610. The summed E-state index contributed by atoms with van der Waals surface area (Å²) in [4.78, 5) is 17.3. The van der Waals surface area contributed by atoms with E-state index >= 15 is 0 Å². The lowest BCUT2D eigenvalue weighted by molar-refractivity contribution is -0.111. The second-order valence-corrected chi connectivity index (χ2v) is 6.74. The molecular formula is C22H17N3OS. The Morgan fingerprint density at radius 1 is 1.11 bits per heavy atom. The Bertz CT molecular complexity index is 976. The van der Waals surface area contributed by atoms with E-state index in [0.717, 1.165) is 21.9 Å². The van der Waals surface area contributed by atoms with Crippen LogP contribution in [0.25, 0.3) is 6.08 Å². The van der Waals surface area contributed by atoms with Crippen molar-refractivity contribution in [1.82, 2.24) is 4.98 Å². The molecule has 5 heteroatoms. The second-order valence-electron chi connectivity index (χ2n) is 5.70. The van der Waals surface area contributed by atoms with Gasteiger partial charge in [-0.3, -0.25) is 9.78 Å². The predicted molar refractivity (Wildman–Crippen MR) is 109 cm³/mol. The number of hydrogen-bond acceptors (Lipinski definition) is 4. The van der Waals surface area contributed by atoms with Crippen LogP contribution in [0.3, 0.4) is 0 Å². The molecule has 0 aliphatic rings. The van der Waals surface area contributed by atoms with E-state index in [4.69, 9.17) is 5.26 Å². The van der Waals surface area contributed by atoms with Crippen LogP contribution in [0.1, 0.15) is 16.7 Å². The number of nitriles is 1. The van der Waals surface area contributed by atoms with E-state index in [-0.39, 0.29) is 5.91 Å². The highest BCUT2D eigenvalue weighted by Crippen LogP contribution is 2.24. The summed E-state index contributed by atoms with van der Waals surface area (Å²) in [5, 5.41) is 11.9. The molecule has 0 saturated carbocycles.